The Balaban J connectivity index is 2.55. The van der Waals surface area contributed by atoms with Crippen LogP contribution in [0.25, 0.3) is 6.08 Å². The standard InChI is InChI=1S/C9H9NO2S/c11-13(12)10-8-4-7-9-5-2-1-3-6-9/h1-8H,(H,11,12)/p-1/b7-4+,10-8+. The van der Waals surface area contributed by atoms with Gasteiger partial charge < -0.3 is 4.55 Å². The van der Waals surface area contributed by atoms with E-state index in [-0.39, 0.29) is 0 Å². The SMILES string of the molecule is O=S([O-])/N=C/C=C/c1ccccc1. The Morgan fingerprint density at radius 3 is 2.62 bits per heavy atom. The number of nitrogens with zero attached hydrogens (tertiary/aromatic N) is 1. The molecule has 0 heterocycles. The first-order valence-electron chi connectivity index (χ1n) is 3.64. The topological polar surface area (TPSA) is 52.5 Å². The average Bonchev–Trinajstić information content (AvgIpc) is 2.14. The summed E-state index contributed by atoms with van der Waals surface area (Å²) in [6.07, 6.45) is 4.58. The minimum Gasteiger partial charge on any atom is -0.754 e. The molecule has 1 atom stereocenters. The van der Waals surface area contributed by atoms with Gasteiger partial charge in [0.25, 0.3) is 0 Å². The van der Waals surface area contributed by atoms with Crippen molar-refractivity contribution in [2.45, 2.75) is 0 Å². The first-order chi connectivity index (χ1) is 6.29. The summed E-state index contributed by atoms with van der Waals surface area (Å²) in [5.41, 5.74) is 1.01. The van der Waals surface area contributed by atoms with Crippen molar-refractivity contribution in [2.75, 3.05) is 0 Å². The van der Waals surface area contributed by atoms with E-state index >= 15 is 0 Å². The predicted molar refractivity (Wildman–Crippen MR) is 52.9 cm³/mol. The second kappa shape index (κ2) is 5.40. The summed E-state index contributed by atoms with van der Waals surface area (Å²) in [4.78, 5) is 0. The van der Waals surface area contributed by atoms with Crippen molar-refractivity contribution in [3.63, 3.8) is 0 Å². The van der Waals surface area contributed by atoms with Crippen LogP contribution in [0.3, 0.4) is 0 Å². The summed E-state index contributed by atoms with van der Waals surface area (Å²) in [6, 6.07) is 9.56. The fraction of sp³-hybridized carbons (Fsp3) is 0. The number of benzene rings is 1. The minimum absolute atomic E-state index is 1.01. The van der Waals surface area contributed by atoms with E-state index in [1.54, 1.807) is 12.2 Å². The molecule has 68 valence electrons. The Bertz CT molecular complexity index is 333. The first-order valence-corrected chi connectivity index (χ1v) is 4.67. The highest BCUT2D eigenvalue weighted by atomic mass is 32.2. The third-order valence-corrected chi connectivity index (χ3v) is 1.62. The van der Waals surface area contributed by atoms with Gasteiger partial charge in [-0.3, -0.25) is 4.21 Å². The molecule has 4 heteroatoms. The second-order valence-electron chi connectivity index (χ2n) is 2.24. The number of allylic oxidation sites excluding steroid dienone is 1. The van der Waals surface area contributed by atoms with E-state index in [9.17, 15) is 8.76 Å². The van der Waals surface area contributed by atoms with Crippen LogP contribution in [-0.4, -0.2) is 15.0 Å². The fourth-order valence-corrected chi connectivity index (χ4v) is 0.973. The second-order valence-corrected chi connectivity index (χ2v) is 2.89. The molecule has 0 amide bonds. The zero-order valence-electron chi connectivity index (χ0n) is 6.79. The van der Waals surface area contributed by atoms with Gasteiger partial charge in [-0.15, -0.1) is 0 Å². The van der Waals surface area contributed by atoms with Crippen LogP contribution in [0.15, 0.2) is 40.8 Å². The van der Waals surface area contributed by atoms with Gasteiger partial charge in [0, 0.05) is 6.21 Å². The normalized spacial score (nSPS) is 13.9. The number of hydrogen-bond donors (Lipinski definition) is 0. The highest BCUT2D eigenvalue weighted by molar-refractivity contribution is 7.77. The van der Waals surface area contributed by atoms with E-state index in [1.807, 2.05) is 30.3 Å². The molecule has 0 aliphatic rings. The highest BCUT2D eigenvalue weighted by Crippen LogP contribution is 1.99. The molecule has 0 aliphatic carbocycles. The molecule has 1 unspecified atom stereocenters. The molecule has 0 bridgehead atoms. The summed E-state index contributed by atoms with van der Waals surface area (Å²) < 4.78 is 23.1. The average molecular weight is 194 g/mol. The molecule has 3 nitrogen and oxygen atoms in total. The van der Waals surface area contributed by atoms with Gasteiger partial charge in [0.05, 0.1) is 11.3 Å². The number of hydrogen-bond acceptors (Lipinski definition) is 2. The van der Waals surface area contributed by atoms with Gasteiger partial charge >= 0.3 is 0 Å². The van der Waals surface area contributed by atoms with Crippen LogP contribution >= 0.6 is 0 Å². The molecule has 0 saturated heterocycles. The Morgan fingerprint density at radius 1 is 1.31 bits per heavy atom. The van der Waals surface area contributed by atoms with Crippen LogP contribution in [0.1, 0.15) is 5.56 Å². The zero-order valence-corrected chi connectivity index (χ0v) is 7.61. The van der Waals surface area contributed by atoms with Crippen molar-refractivity contribution in [1.82, 2.24) is 0 Å². The van der Waals surface area contributed by atoms with Gasteiger partial charge in [0.1, 0.15) is 0 Å². The van der Waals surface area contributed by atoms with Gasteiger partial charge in [0.15, 0.2) is 0 Å². The molecule has 1 rings (SSSR count). The van der Waals surface area contributed by atoms with E-state index in [0.717, 1.165) is 5.56 Å². The molecule has 0 aliphatic heterocycles. The van der Waals surface area contributed by atoms with Crippen LogP contribution in [0.2, 0.25) is 0 Å². The number of rotatable bonds is 3. The van der Waals surface area contributed by atoms with E-state index in [4.69, 9.17) is 0 Å². The summed E-state index contributed by atoms with van der Waals surface area (Å²) in [5, 5.41) is 0. The van der Waals surface area contributed by atoms with Gasteiger partial charge in [-0.2, -0.15) is 0 Å². The Kier molecular flexibility index (Phi) is 4.08. The summed E-state index contributed by atoms with van der Waals surface area (Å²) in [6.45, 7) is 0. The van der Waals surface area contributed by atoms with Gasteiger partial charge in [0.2, 0.25) is 0 Å². The van der Waals surface area contributed by atoms with Crippen molar-refractivity contribution < 1.29 is 8.76 Å². The predicted octanol–water partition coefficient (Wildman–Crippen LogP) is 1.56. The maximum Gasteiger partial charge on any atom is 0.0676 e. The molecule has 0 saturated carbocycles. The third kappa shape index (κ3) is 4.35. The summed E-state index contributed by atoms with van der Waals surface area (Å²) >= 11 is -2.36. The third-order valence-electron chi connectivity index (χ3n) is 1.32. The van der Waals surface area contributed by atoms with Crippen LogP contribution in [-0.2, 0) is 11.3 Å². The maximum absolute atomic E-state index is 9.98. The molecule has 13 heavy (non-hydrogen) atoms. The quantitative estimate of drug-likeness (QED) is 0.541. The van der Waals surface area contributed by atoms with E-state index < -0.39 is 11.3 Å². The summed E-state index contributed by atoms with van der Waals surface area (Å²) in [5.74, 6) is 0. The van der Waals surface area contributed by atoms with Crippen molar-refractivity contribution in [3.05, 3.63) is 42.0 Å². The lowest BCUT2D eigenvalue weighted by molar-refractivity contribution is 0.539. The van der Waals surface area contributed by atoms with E-state index in [1.165, 1.54) is 6.21 Å². The lowest BCUT2D eigenvalue weighted by atomic mass is 10.2. The monoisotopic (exact) mass is 194 g/mol. The molecule has 0 N–H and O–H groups in total. The molecule has 1 aromatic carbocycles. The van der Waals surface area contributed by atoms with Gasteiger partial charge in [-0.05, 0) is 11.6 Å². The van der Waals surface area contributed by atoms with Crippen molar-refractivity contribution in [1.29, 1.82) is 0 Å². The largest absolute Gasteiger partial charge is 0.754 e. The van der Waals surface area contributed by atoms with E-state index in [2.05, 4.69) is 4.40 Å². The molecular formula is C9H8NO2S-. The van der Waals surface area contributed by atoms with Crippen molar-refractivity contribution in [2.24, 2.45) is 4.40 Å². The first kappa shape index (κ1) is 9.83. The molecule has 0 radical (unpaired) electrons. The lowest BCUT2D eigenvalue weighted by Crippen LogP contribution is -1.78. The Hall–Kier alpha value is -1.26. The van der Waals surface area contributed by atoms with Crippen molar-refractivity contribution in [3.8, 4) is 0 Å². The smallest absolute Gasteiger partial charge is 0.0676 e. The molecule has 1 aromatic rings. The lowest BCUT2D eigenvalue weighted by Gasteiger charge is -1.91. The molecule has 0 fully saturated rings. The van der Waals surface area contributed by atoms with Gasteiger partial charge in [-0.1, -0.05) is 36.4 Å². The van der Waals surface area contributed by atoms with Crippen LogP contribution in [0.4, 0.5) is 0 Å². The van der Waals surface area contributed by atoms with Crippen LogP contribution < -0.4 is 0 Å². The molecule has 0 aromatic heterocycles. The van der Waals surface area contributed by atoms with Crippen LogP contribution in [0, 0.1) is 0 Å². The van der Waals surface area contributed by atoms with Gasteiger partial charge in [-0.25, -0.2) is 4.40 Å². The van der Waals surface area contributed by atoms with Crippen molar-refractivity contribution >= 4 is 23.6 Å². The Morgan fingerprint density at radius 2 is 2.00 bits per heavy atom. The minimum atomic E-state index is -2.36. The molecular weight excluding hydrogens is 186 g/mol. The summed E-state index contributed by atoms with van der Waals surface area (Å²) in [7, 11) is 0. The van der Waals surface area contributed by atoms with E-state index in [0.29, 0.717) is 0 Å². The highest BCUT2D eigenvalue weighted by Gasteiger charge is 1.79. The van der Waals surface area contributed by atoms with Crippen LogP contribution in [0.5, 0.6) is 0 Å². The maximum atomic E-state index is 9.98. The molecule has 0 spiro atoms. The zero-order chi connectivity index (χ0) is 9.52. The Labute approximate surface area is 79.2 Å². The fourth-order valence-electron chi connectivity index (χ4n) is 0.803.